The second kappa shape index (κ2) is 11.2. The van der Waals surface area contributed by atoms with Gasteiger partial charge in [0.1, 0.15) is 0 Å². The number of carbonyl (C=O) groups excluding carboxylic acids is 1. The van der Waals surface area contributed by atoms with Gasteiger partial charge in [0.25, 0.3) is 11.6 Å². The quantitative estimate of drug-likeness (QED) is 0.208. The molecule has 1 saturated heterocycles. The number of nitrogens with one attached hydrogen (secondary N) is 1. The van der Waals surface area contributed by atoms with Crippen LogP contribution >= 0.6 is 0 Å². The van der Waals surface area contributed by atoms with Crippen LogP contribution in [0.15, 0.2) is 48.5 Å². The number of hydroxylamine groups is 1. The van der Waals surface area contributed by atoms with Crippen molar-refractivity contribution >= 4 is 28.6 Å². The van der Waals surface area contributed by atoms with Crippen LogP contribution in [0.3, 0.4) is 0 Å². The van der Waals surface area contributed by atoms with Crippen molar-refractivity contribution in [1.82, 2.24) is 19.8 Å². The molecule has 2 aliphatic rings. The third kappa shape index (κ3) is 5.74. The van der Waals surface area contributed by atoms with Crippen molar-refractivity contribution in [3.63, 3.8) is 0 Å². The SMILES string of the molecule is O=C(/C=C/c1ccc2c(c1)c1c(n2CCN2CCCCC2)CCN(Cc2ccc([N+](=O)[O-])cc2)C1)NO. The Kier molecular flexibility index (Phi) is 7.64. The van der Waals surface area contributed by atoms with Crippen LogP contribution in [0.25, 0.3) is 17.0 Å². The van der Waals surface area contributed by atoms with Gasteiger partial charge in [-0.25, -0.2) is 5.48 Å². The Bertz CT molecular complexity index is 1310. The smallest absolute Gasteiger partial charge is 0.269 e. The lowest BCUT2D eigenvalue weighted by Gasteiger charge is -2.29. The maximum absolute atomic E-state index is 11.5. The highest BCUT2D eigenvalue weighted by Crippen LogP contribution is 2.33. The summed E-state index contributed by atoms with van der Waals surface area (Å²) < 4.78 is 2.48. The first-order valence-electron chi connectivity index (χ1n) is 13.0. The predicted molar refractivity (Wildman–Crippen MR) is 142 cm³/mol. The topological polar surface area (TPSA) is 104 Å². The van der Waals surface area contributed by atoms with E-state index in [1.54, 1.807) is 23.7 Å². The number of rotatable bonds is 8. The summed E-state index contributed by atoms with van der Waals surface area (Å²) >= 11 is 0. The summed E-state index contributed by atoms with van der Waals surface area (Å²) in [6, 6.07) is 13.1. The summed E-state index contributed by atoms with van der Waals surface area (Å²) in [5.74, 6) is -0.560. The van der Waals surface area contributed by atoms with Crippen LogP contribution in [0.5, 0.6) is 0 Å². The van der Waals surface area contributed by atoms with Crippen molar-refractivity contribution in [2.75, 3.05) is 26.2 Å². The summed E-state index contributed by atoms with van der Waals surface area (Å²) in [7, 11) is 0. The van der Waals surface area contributed by atoms with Gasteiger partial charge in [-0.15, -0.1) is 0 Å². The third-order valence-corrected chi connectivity index (χ3v) is 7.54. The number of benzene rings is 2. The first kappa shape index (κ1) is 25.1. The second-order valence-electron chi connectivity index (χ2n) is 9.95. The van der Waals surface area contributed by atoms with Crippen molar-refractivity contribution in [2.24, 2.45) is 0 Å². The van der Waals surface area contributed by atoms with Crippen molar-refractivity contribution in [2.45, 2.75) is 45.3 Å². The molecular formula is C28H33N5O4. The molecule has 0 atom stereocenters. The van der Waals surface area contributed by atoms with Crippen LogP contribution in [-0.2, 0) is 30.8 Å². The number of nitrogens with zero attached hydrogens (tertiary/aromatic N) is 4. The number of non-ortho nitro benzene ring substituents is 1. The van der Waals surface area contributed by atoms with Gasteiger partial charge in [0.05, 0.1) is 4.92 Å². The van der Waals surface area contributed by atoms with E-state index in [1.165, 1.54) is 60.6 Å². The number of likely N-dealkylation sites (tertiary alicyclic amines) is 1. The molecule has 0 radical (unpaired) electrons. The number of hydrogen-bond donors (Lipinski definition) is 2. The minimum absolute atomic E-state index is 0.108. The zero-order valence-electron chi connectivity index (χ0n) is 20.9. The van der Waals surface area contributed by atoms with Crippen molar-refractivity contribution < 1.29 is 14.9 Å². The van der Waals surface area contributed by atoms with Crippen LogP contribution in [-0.4, -0.2) is 56.6 Å². The van der Waals surface area contributed by atoms with Gasteiger partial charge >= 0.3 is 0 Å². The first-order valence-corrected chi connectivity index (χ1v) is 13.0. The average Bonchev–Trinajstić information content (AvgIpc) is 3.23. The average molecular weight is 504 g/mol. The number of aromatic nitrogens is 1. The summed E-state index contributed by atoms with van der Waals surface area (Å²) in [6.07, 6.45) is 7.85. The van der Waals surface area contributed by atoms with Crippen LogP contribution in [0.4, 0.5) is 5.69 Å². The first-order chi connectivity index (χ1) is 18.0. The molecule has 2 aromatic carbocycles. The maximum Gasteiger partial charge on any atom is 0.269 e. The lowest BCUT2D eigenvalue weighted by Crippen LogP contribution is -2.34. The van der Waals surface area contributed by atoms with Gasteiger partial charge in [0.15, 0.2) is 0 Å². The molecule has 9 heteroatoms. The van der Waals surface area contributed by atoms with E-state index < -0.39 is 5.91 Å². The number of carbonyl (C=O) groups is 1. The summed E-state index contributed by atoms with van der Waals surface area (Å²) in [6.45, 7) is 6.79. The molecule has 37 heavy (non-hydrogen) atoms. The van der Waals surface area contributed by atoms with Gasteiger partial charge < -0.3 is 9.47 Å². The number of piperidine rings is 1. The Labute approximate surface area is 216 Å². The maximum atomic E-state index is 11.5. The lowest BCUT2D eigenvalue weighted by molar-refractivity contribution is -0.384. The summed E-state index contributed by atoms with van der Waals surface area (Å²) in [5, 5.41) is 21.0. The minimum Gasteiger partial charge on any atom is -0.343 e. The highest BCUT2D eigenvalue weighted by atomic mass is 16.6. The van der Waals surface area contributed by atoms with Crippen molar-refractivity contribution in [1.29, 1.82) is 0 Å². The Morgan fingerprint density at radius 2 is 1.81 bits per heavy atom. The zero-order chi connectivity index (χ0) is 25.8. The Hall–Kier alpha value is -3.53. The van der Waals surface area contributed by atoms with E-state index in [2.05, 4.69) is 26.5 Å². The molecular weight excluding hydrogens is 470 g/mol. The molecule has 1 aromatic heterocycles. The third-order valence-electron chi connectivity index (χ3n) is 7.54. The molecule has 0 unspecified atom stereocenters. The molecule has 2 aliphatic heterocycles. The highest BCUT2D eigenvalue weighted by molar-refractivity contribution is 5.93. The number of fused-ring (bicyclic) bond motifs is 3. The number of amides is 1. The largest absolute Gasteiger partial charge is 0.343 e. The second-order valence-corrected chi connectivity index (χ2v) is 9.95. The van der Waals surface area contributed by atoms with Crippen molar-refractivity contribution in [3.8, 4) is 0 Å². The zero-order valence-corrected chi connectivity index (χ0v) is 20.9. The van der Waals surface area contributed by atoms with Gasteiger partial charge in [-0.2, -0.15) is 0 Å². The van der Waals surface area contributed by atoms with E-state index in [9.17, 15) is 14.9 Å². The van der Waals surface area contributed by atoms with E-state index in [0.29, 0.717) is 0 Å². The molecule has 0 aliphatic carbocycles. The summed E-state index contributed by atoms with van der Waals surface area (Å²) in [4.78, 5) is 27.1. The van der Waals surface area contributed by atoms with Crippen molar-refractivity contribution in [3.05, 3.63) is 81.0 Å². The van der Waals surface area contributed by atoms with Crippen LogP contribution in [0.1, 0.15) is 41.6 Å². The number of nitro groups is 1. The van der Waals surface area contributed by atoms with Crippen LogP contribution in [0.2, 0.25) is 0 Å². The molecule has 194 valence electrons. The van der Waals surface area contributed by atoms with Gasteiger partial charge in [-0.1, -0.05) is 24.6 Å². The van der Waals surface area contributed by atoms with E-state index >= 15 is 0 Å². The minimum atomic E-state index is -0.560. The Balaban J connectivity index is 1.42. The lowest BCUT2D eigenvalue weighted by atomic mass is 10.0. The van der Waals surface area contributed by atoms with Gasteiger partial charge in [0.2, 0.25) is 0 Å². The van der Waals surface area contributed by atoms with Gasteiger partial charge in [-0.3, -0.25) is 25.0 Å². The number of nitro benzene ring substituents is 1. The number of hydrogen-bond acceptors (Lipinski definition) is 6. The van der Waals surface area contributed by atoms with Gasteiger partial charge in [0, 0.05) is 74.0 Å². The molecule has 1 amide bonds. The Morgan fingerprint density at radius 1 is 1.03 bits per heavy atom. The standard InChI is InChI=1S/C28H33N5O4/c34-28(29-35)11-7-21-6-10-26-24(18-21)25-20-31(19-22-4-8-23(9-5-22)33(36)37)15-12-27(25)32(26)17-16-30-13-2-1-3-14-30/h4-11,18,35H,1-3,12-17,19-20H2,(H,29,34)/b11-7+. The normalized spacial score (nSPS) is 16.8. The van der Waals surface area contributed by atoms with E-state index in [4.69, 9.17) is 5.21 Å². The summed E-state index contributed by atoms with van der Waals surface area (Å²) in [5.41, 5.74) is 7.60. The molecule has 3 aromatic rings. The van der Waals surface area contributed by atoms with Gasteiger partial charge in [-0.05, 0) is 60.8 Å². The highest BCUT2D eigenvalue weighted by Gasteiger charge is 2.25. The van der Waals surface area contributed by atoms with E-state index in [-0.39, 0.29) is 10.6 Å². The predicted octanol–water partition coefficient (Wildman–Crippen LogP) is 4.11. The molecule has 3 heterocycles. The fourth-order valence-electron chi connectivity index (χ4n) is 5.63. The molecule has 0 saturated carbocycles. The molecule has 0 bridgehead atoms. The molecule has 9 nitrogen and oxygen atoms in total. The van der Waals surface area contributed by atoms with Crippen LogP contribution in [0, 0.1) is 10.1 Å². The van der Waals surface area contributed by atoms with Crippen LogP contribution < -0.4 is 5.48 Å². The fraction of sp³-hybridized carbons (Fsp3) is 0.393. The fourth-order valence-corrected chi connectivity index (χ4v) is 5.63. The van der Waals surface area contributed by atoms with E-state index in [1.807, 2.05) is 18.2 Å². The molecule has 0 spiro atoms. The monoisotopic (exact) mass is 503 g/mol. The molecule has 5 rings (SSSR count). The molecule has 1 fully saturated rings. The Morgan fingerprint density at radius 3 is 2.54 bits per heavy atom. The van der Waals surface area contributed by atoms with E-state index in [0.717, 1.165) is 50.3 Å². The molecule has 2 N–H and O–H groups in total.